The van der Waals surface area contributed by atoms with Crippen LogP contribution in [0.25, 0.3) is 0 Å². The van der Waals surface area contributed by atoms with Crippen LogP contribution in [0.15, 0.2) is 12.7 Å². The maximum absolute atomic E-state index is 9.47. The maximum Gasteiger partial charge on any atom is 0.482 e. The van der Waals surface area contributed by atoms with Crippen molar-refractivity contribution >= 4 is 13.6 Å². The number of hydrogen-bond acceptors (Lipinski definition) is 3. The van der Waals surface area contributed by atoms with Crippen molar-refractivity contribution in [3.05, 3.63) is 12.7 Å². The molecule has 5 heteroatoms. The molecule has 0 unspecified atom stereocenters. The summed E-state index contributed by atoms with van der Waals surface area (Å²) in [6, 6.07) is 0. The quantitative estimate of drug-likeness (QED) is 0.278. The van der Waals surface area contributed by atoms with Crippen LogP contribution in [0.3, 0.4) is 0 Å². The maximum atomic E-state index is 9.47. The molecule has 0 aromatic carbocycles. The summed E-state index contributed by atoms with van der Waals surface area (Å²) < 4.78 is 0. The lowest BCUT2D eigenvalue weighted by atomic mass is 10.5. The molecule has 0 heterocycles. The lowest BCUT2D eigenvalue weighted by Gasteiger charge is -1.65. The molecule has 0 rings (SSSR count). The molecule has 0 aliphatic carbocycles. The second kappa shape index (κ2) is 9.50. The van der Waals surface area contributed by atoms with E-state index in [4.69, 9.17) is 10.0 Å². The normalized spacial score (nSPS) is 5.75. The Morgan fingerprint density at radius 3 is 1.88 bits per heavy atom. The smallest absolute Gasteiger partial charge is 0.429 e. The summed E-state index contributed by atoms with van der Waals surface area (Å²) in [5.74, 6) is -0.481. The molecule has 0 fully saturated rings. The van der Waals surface area contributed by atoms with Gasteiger partial charge in [-0.05, 0) is 6.08 Å². The number of primary amides is 1. The van der Waals surface area contributed by atoms with Gasteiger partial charge >= 0.3 is 7.69 Å². The Balaban J connectivity index is 0. The van der Waals surface area contributed by atoms with E-state index in [0.717, 1.165) is 6.08 Å². The topological polar surface area (TPSA) is 83.6 Å². The van der Waals surface area contributed by atoms with Gasteiger partial charge in [-0.2, -0.15) is 0 Å². The summed E-state index contributed by atoms with van der Waals surface area (Å²) in [4.78, 5) is 9.47. The highest BCUT2D eigenvalue weighted by molar-refractivity contribution is 6.13. The Hall–Kier alpha value is -0.805. The third-order valence-electron chi connectivity index (χ3n) is 0.201. The number of rotatable bonds is 1. The van der Waals surface area contributed by atoms with E-state index in [0.29, 0.717) is 0 Å². The first-order chi connectivity index (χ1) is 3.68. The molecular formula is C3H7BNO3. The van der Waals surface area contributed by atoms with E-state index in [1.54, 1.807) is 0 Å². The van der Waals surface area contributed by atoms with Gasteiger partial charge in [0.1, 0.15) is 0 Å². The van der Waals surface area contributed by atoms with Crippen LogP contribution in [0, 0.1) is 0 Å². The van der Waals surface area contributed by atoms with Crippen molar-refractivity contribution in [3.63, 3.8) is 0 Å². The molecule has 0 aromatic heterocycles. The molecule has 0 spiro atoms. The van der Waals surface area contributed by atoms with E-state index in [-0.39, 0.29) is 7.69 Å². The largest absolute Gasteiger partial charge is 0.482 e. The van der Waals surface area contributed by atoms with E-state index < -0.39 is 5.91 Å². The molecule has 1 amide bonds. The van der Waals surface area contributed by atoms with Gasteiger partial charge in [0.05, 0.1) is 0 Å². The van der Waals surface area contributed by atoms with Crippen molar-refractivity contribution < 1.29 is 14.8 Å². The second-order valence-corrected chi connectivity index (χ2v) is 0.722. The third-order valence-corrected chi connectivity index (χ3v) is 0.201. The number of hydrogen-bond donors (Lipinski definition) is 3. The molecule has 0 bridgehead atoms. The number of nitrogens with two attached hydrogens (primary N) is 1. The standard InChI is InChI=1S/C3H5NO.BH2O2/c1-2-3(4)5;2-1-3/h2H,1H2,(H2,4,5);2-3H. The molecule has 0 atom stereocenters. The Labute approximate surface area is 47.9 Å². The van der Waals surface area contributed by atoms with Crippen molar-refractivity contribution in [3.8, 4) is 0 Å². The van der Waals surface area contributed by atoms with Gasteiger partial charge in [-0.25, -0.2) is 0 Å². The molecule has 1 radical (unpaired) electrons. The van der Waals surface area contributed by atoms with Gasteiger partial charge in [0.2, 0.25) is 5.91 Å². The first-order valence-electron chi connectivity index (χ1n) is 1.71. The fourth-order valence-corrected chi connectivity index (χ4v) is 0. The van der Waals surface area contributed by atoms with E-state index in [9.17, 15) is 4.79 Å². The van der Waals surface area contributed by atoms with Crippen LogP contribution in [0.2, 0.25) is 0 Å². The Morgan fingerprint density at radius 2 is 1.88 bits per heavy atom. The summed E-state index contributed by atoms with van der Waals surface area (Å²) in [6.45, 7) is 3.09. The zero-order valence-electron chi connectivity index (χ0n) is 4.24. The average molecular weight is 116 g/mol. The lowest BCUT2D eigenvalue weighted by Crippen LogP contribution is -2.04. The summed E-state index contributed by atoms with van der Waals surface area (Å²) in [5.41, 5.74) is 4.53. The van der Waals surface area contributed by atoms with Gasteiger partial charge in [-0.3, -0.25) is 4.79 Å². The molecule has 0 saturated carbocycles. The van der Waals surface area contributed by atoms with Gasteiger partial charge in [0.25, 0.3) is 0 Å². The minimum Gasteiger partial charge on any atom is -0.429 e. The molecule has 4 nitrogen and oxygen atoms in total. The molecule has 4 N–H and O–H groups in total. The van der Waals surface area contributed by atoms with E-state index >= 15 is 0 Å². The van der Waals surface area contributed by atoms with Gasteiger partial charge in [0.15, 0.2) is 0 Å². The number of amides is 1. The van der Waals surface area contributed by atoms with E-state index in [1.807, 2.05) is 0 Å². The van der Waals surface area contributed by atoms with Crippen LogP contribution in [-0.2, 0) is 4.79 Å². The van der Waals surface area contributed by atoms with Crippen molar-refractivity contribution in [2.45, 2.75) is 0 Å². The zero-order chi connectivity index (χ0) is 6.99. The number of carbonyl (C=O) groups excluding carboxylic acids is 1. The molecule has 0 aliphatic rings. The zero-order valence-corrected chi connectivity index (χ0v) is 4.24. The minimum absolute atomic E-state index is 0. The van der Waals surface area contributed by atoms with Crippen LogP contribution in [-0.4, -0.2) is 23.6 Å². The fourth-order valence-electron chi connectivity index (χ4n) is 0. The number of carbonyl (C=O) groups is 1. The van der Waals surface area contributed by atoms with Crippen LogP contribution < -0.4 is 5.73 Å². The first kappa shape index (κ1) is 10.2. The first-order valence-corrected chi connectivity index (χ1v) is 1.71. The van der Waals surface area contributed by atoms with Crippen molar-refractivity contribution in [2.24, 2.45) is 5.73 Å². The van der Waals surface area contributed by atoms with Crippen LogP contribution in [0.1, 0.15) is 0 Å². The van der Waals surface area contributed by atoms with Crippen LogP contribution in [0.4, 0.5) is 0 Å². The predicted octanol–water partition coefficient (Wildman–Crippen LogP) is -1.84. The van der Waals surface area contributed by atoms with Gasteiger partial charge < -0.3 is 15.8 Å². The van der Waals surface area contributed by atoms with Gasteiger partial charge in [-0.1, -0.05) is 6.58 Å². The Kier molecular flexibility index (Phi) is 12.2. The van der Waals surface area contributed by atoms with Gasteiger partial charge in [-0.15, -0.1) is 0 Å². The summed E-state index contributed by atoms with van der Waals surface area (Å²) in [5, 5.41) is 14.0. The predicted molar refractivity (Wildman–Crippen MR) is 29.6 cm³/mol. The molecule has 0 aliphatic heterocycles. The van der Waals surface area contributed by atoms with E-state index in [2.05, 4.69) is 12.3 Å². The van der Waals surface area contributed by atoms with Crippen LogP contribution in [0.5, 0.6) is 0 Å². The molecular weight excluding hydrogens is 109 g/mol. The molecule has 0 saturated heterocycles. The highest BCUT2D eigenvalue weighted by Crippen LogP contribution is 1.48. The fraction of sp³-hybridized carbons (Fsp3) is 0. The summed E-state index contributed by atoms with van der Waals surface area (Å²) in [6.07, 6.45) is 1.06. The molecule has 8 heavy (non-hydrogen) atoms. The molecule has 45 valence electrons. The summed E-state index contributed by atoms with van der Waals surface area (Å²) >= 11 is 0. The van der Waals surface area contributed by atoms with Crippen molar-refractivity contribution in [1.29, 1.82) is 0 Å². The van der Waals surface area contributed by atoms with Crippen LogP contribution >= 0.6 is 0 Å². The Bertz CT molecular complexity index is 74.9. The average Bonchev–Trinajstić information content (AvgIpc) is 1.69. The highest BCUT2D eigenvalue weighted by Gasteiger charge is 1.69. The van der Waals surface area contributed by atoms with Crippen molar-refractivity contribution in [2.75, 3.05) is 0 Å². The molecule has 0 aromatic rings. The lowest BCUT2D eigenvalue weighted by molar-refractivity contribution is -0.113. The highest BCUT2D eigenvalue weighted by atomic mass is 16.4. The summed E-state index contributed by atoms with van der Waals surface area (Å²) in [7, 11) is 0. The Morgan fingerprint density at radius 1 is 1.75 bits per heavy atom. The van der Waals surface area contributed by atoms with Gasteiger partial charge in [0, 0.05) is 0 Å². The SMILES string of the molecule is C=CC(N)=O.O[B]O. The monoisotopic (exact) mass is 116 g/mol. The van der Waals surface area contributed by atoms with Crippen molar-refractivity contribution in [1.82, 2.24) is 0 Å². The minimum atomic E-state index is -0.481. The van der Waals surface area contributed by atoms with E-state index in [1.165, 1.54) is 0 Å². The second-order valence-electron chi connectivity index (χ2n) is 0.722. The third kappa shape index (κ3) is 64.0.